The Hall–Kier alpha value is -2.26. The summed E-state index contributed by atoms with van der Waals surface area (Å²) in [6.07, 6.45) is 0. The van der Waals surface area contributed by atoms with Crippen molar-refractivity contribution >= 4 is 0 Å². The molecule has 0 radical (unpaired) electrons. The molecule has 3 nitrogen and oxygen atoms in total. The van der Waals surface area contributed by atoms with Gasteiger partial charge >= 0.3 is 0 Å². The van der Waals surface area contributed by atoms with E-state index in [0.29, 0.717) is 13.2 Å². The van der Waals surface area contributed by atoms with Crippen LogP contribution in [0.25, 0.3) is 0 Å². The van der Waals surface area contributed by atoms with E-state index in [1.165, 1.54) is 0 Å². The van der Waals surface area contributed by atoms with Crippen LogP contribution in [0, 0.1) is 0 Å². The fourth-order valence-corrected chi connectivity index (χ4v) is 1.86. The van der Waals surface area contributed by atoms with E-state index in [-0.39, 0.29) is 0 Å². The van der Waals surface area contributed by atoms with Crippen molar-refractivity contribution in [2.45, 2.75) is 6.61 Å². The van der Waals surface area contributed by atoms with Gasteiger partial charge in [-0.2, -0.15) is 0 Å². The molecular weight excluding hydrogens is 262 g/mol. The molecule has 2 rings (SSSR count). The van der Waals surface area contributed by atoms with E-state index in [1.807, 2.05) is 61.6 Å². The van der Waals surface area contributed by atoms with Gasteiger partial charge in [0.15, 0.2) is 0 Å². The summed E-state index contributed by atoms with van der Waals surface area (Å²) in [4.78, 5) is 0. The van der Waals surface area contributed by atoms with E-state index in [1.54, 1.807) is 0 Å². The molecule has 3 heteroatoms. The first-order valence-electron chi connectivity index (χ1n) is 6.99. The molecule has 0 saturated heterocycles. The molecule has 0 spiro atoms. The summed E-state index contributed by atoms with van der Waals surface area (Å²) in [5, 5.41) is 3.05. The number of ether oxygens (including phenoxy) is 2. The molecule has 0 amide bonds. The van der Waals surface area contributed by atoms with Gasteiger partial charge in [0.05, 0.1) is 0 Å². The van der Waals surface area contributed by atoms with Crippen molar-refractivity contribution in [1.82, 2.24) is 5.32 Å². The van der Waals surface area contributed by atoms with E-state index in [9.17, 15) is 0 Å². The highest BCUT2D eigenvalue weighted by atomic mass is 16.5. The predicted molar refractivity (Wildman–Crippen MR) is 85.8 cm³/mol. The van der Waals surface area contributed by atoms with Crippen molar-refractivity contribution in [2.75, 3.05) is 20.2 Å². The summed E-state index contributed by atoms with van der Waals surface area (Å²) < 4.78 is 11.4. The summed E-state index contributed by atoms with van der Waals surface area (Å²) in [6.45, 7) is 5.78. The normalized spacial score (nSPS) is 10.1. The van der Waals surface area contributed by atoms with Crippen LogP contribution in [0.4, 0.5) is 0 Å². The van der Waals surface area contributed by atoms with E-state index >= 15 is 0 Å². The minimum atomic E-state index is 0.519. The minimum absolute atomic E-state index is 0.519. The fraction of sp³-hybridized carbons (Fsp3) is 0.222. The third-order valence-electron chi connectivity index (χ3n) is 2.94. The van der Waals surface area contributed by atoms with Gasteiger partial charge in [0.25, 0.3) is 0 Å². The van der Waals surface area contributed by atoms with Crippen molar-refractivity contribution in [2.24, 2.45) is 0 Å². The zero-order valence-corrected chi connectivity index (χ0v) is 12.3. The van der Waals surface area contributed by atoms with Crippen LogP contribution in [0.1, 0.15) is 5.56 Å². The van der Waals surface area contributed by atoms with E-state index < -0.39 is 0 Å². The molecule has 0 heterocycles. The molecule has 0 aliphatic carbocycles. The maximum Gasteiger partial charge on any atom is 0.120 e. The lowest BCUT2D eigenvalue weighted by molar-refractivity contribution is 0.304. The maximum atomic E-state index is 5.73. The van der Waals surface area contributed by atoms with Crippen LogP contribution >= 0.6 is 0 Å². The van der Waals surface area contributed by atoms with Gasteiger partial charge in [-0.15, -0.1) is 0 Å². The van der Waals surface area contributed by atoms with Crippen molar-refractivity contribution in [3.63, 3.8) is 0 Å². The van der Waals surface area contributed by atoms with Gasteiger partial charge in [-0.25, -0.2) is 0 Å². The average molecular weight is 283 g/mol. The minimum Gasteiger partial charge on any atom is -0.489 e. The average Bonchev–Trinajstić information content (AvgIpc) is 2.53. The number of hydrogen-bond acceptors (Lipinski definition) is 3. The second-order valence-electron chi connectivity index (χ2n) is 4.81. The molecule has 1 N–H and O–H groups in total. The SMILES string of the molecule is C=C(CNC)COc1ccc(OCc2ccccc2)cc1. The number of benzene rings is 2. The first-order chi connectivity index (χ1) is 10.3. The van der Waals surface area contributed by atoms with E-state index in [0.717, 1.165) is 29.2 Å². The number of hydrogen-bond donors (Lipinski definition) is 1. The smallest absolute Gasteiger partial charge is 0.120 e. The highest BCUT2D eigenvalue weighted by Gasteiger charge is 1.99. The molecule has 0 fully saturated rings. The summed E-state index contributed by atoms with van der Waals surface area (Å²) in [6, 6.07) is 17.8. The van der Waals surface area contributed by atoms with E-state index in [4.69, 9.17) is 9.47 Å². The Morgan fingerprint density at radius 2 is 1.57 bits per heavy atom. The number of nitrogens with one attached hydrogen (secondary N) is 1. The second kappa shape index (κ2) is 8.12. The molecule has 0 aliphatic rings. The summed E-state index contributed by atoms with van der Waals surface area (Å²) in [5.41, 5.74) is 2.17. The zero-order valence-electron chi connectivity index (χ0n) is 12.3. The topological polar surface area (TPSA) is 30.5 Å². The molecule has 21 heavy (non-hydrogen) atoms. The van der Waals surface area contributed by atoms with Gasteiger partial charge in [-0.05, 0) is 42.4 Å². The Morgan fingerprint density at radius 3 is 2.19 bits per heavy atom. The van der Waals surface area contributed by atoms with Gasteiger partial charge in [0.2, 0.25) is 0 Å². The lowest BCUT2D eigenvalue weighted by Gasteiger charge is -2.10. The van der Waals surface area contributed by atoms with Crippen LogP contribution in [0.3, 0.4) is 0 Å². The Morgan fingerprint density at radius 1 is 0.952 bits per heavy atom. The van der Waals surface area contributed by atoms with Gasteiger partial charge < -0.3 is 14.8 Å². The second-order valence-corrected chi connectivity index (χ2v) is 4.81. The summed E-state index contributed by atoms with van der Waals surface area (Å²) in [7, 11) is 1.89. The monoisotopic (exact) mass is 283 g/mol. The van der Waals surface area contributed by atoms with Crippen molar-refractivity contribution in [1.29, 1.82) is 0 Å². The molecule has 2 aromatic rings. The van der Waals surface area contributed by atoms with Crippen LogP contribution in [0.5, 0.6) is 11.5 Å². The van der Waals surface area contributed by atoms with E-state index in [2.05, 4.69) is 11.9 Å². The quantitative estimate of drug-likeness (QED) is 0.753. The van der Waals surface area contributed by atoms with Gasteiger partial charge in [-0.1, -0.05) is 36.9 Å². The molecule has 110 valence electrons. The maximum absolute atomic E-state index is 5.73. The third-order valence-corrected chi connectivity index (χ3v) is 2.94. The standard InChI is InChI=1S/C18H21NO2/c1-15(12-19-2)13-20-17-8-10-18(11-9-17)21-14-16-6-4-3-5-7-16/h3-11,19H,1,12-14H2,2H3. The van der Waals surface area contributed by atoms with Gasteiger partial charge in [0.1, 0.15) is 24.7 Å². The van der Waals surface area contributed by atoms with Crippen LogP contribution in [-0.2, 0) is 6.61 Å². The third kappa shape index (κ3) is 5.32. The summed E-state index contributed by atoms with van der Waals surface area (Å²) in [5.74, 6) is 1.65. The van der Waals surface area contributed by atoms with Gasteiger partial charge in [-0.3, -0.25) is 0 Å². The molecule has 0 saturated carbocycles. The molecular formula is C18H21NO2. The number of likely N-dealkylation sites (N-methyl/N-ethyl adjacent to an activating group) is 1. The molecule has 0 bridgehead atoms. The van der Waals surface area contributed by atoms with Crippen LogP contribution in [0.2, 0.25) is 0 Å². The van der Waals surface area contributed by atoms with Crippen LogP contribution < -0.4 is 14.8 Å². The Balaban J connectivity index is 1.80. The van der Waals surface area contributed by atoms with Crippen molar-refractivity contribution in [3.8, 4) is 11.5 Å². The first kappa shape index (κ1) is 15.1. The number of rotatable bonds is 8. The molecule has 0 atom stereocenters. The first-order valence-corrected chi connectivity index (χ1v) is 6.99. The molecule has 0 aliphatic heterocycles. The van der Waals surface area contributed by atoms with Crippen LogP contribution in [0.15, 0.2) is 66.7 Å². The van der Waals surface area contributed by atoms with Crippen LogP contribution in [-0.4, -0.2) is 20.2 Å². The lowest BCUT2D eigenvalue weighted by Crippen LogP contribution is -2.14. The highest BCUT2D eigenvalue weighted by Crippen LogP contribution is 2.19. The largest absolute Gasteiger partial charge is 0.489 e. The van der Waals surface area contributed by atoms with Gasteiger partial charge in [0, 0.05) is 6.54 Å². The molecule has 0 aromatic heterocycles. The van der Waals surface area contributed by atoms with Crippen molar-refractivity contribution in [3.05, 3.63) is 72.3 Å². The summed E-state index contributed by atoms with van der Waals surface area (Å²) >= 11 is 0. The van der Waals surface area contributed by atoms with Crippen molar-refractivity contribution < 1.29 is 9.47 Å². The Bertz CT molecular complexity index is 549. The Kier molecular flexibility index (Phi) is 5.85. The molecule has 2 aromatic carbocycles. The highest BCUT2D eigenvalue weighted by molar-refractivity contribution is 5.31. The predicted octanol–water partition coefficient (Wildman–Crippen LogP) is 3.42. The molecule has 0 unspecified atom stereocenters. The fourth-order valence-electron chi connectivity index (χ4n) is 1.86. The lowest BCUT2D eigenvalue weighted by atomic mass is 10.2. The Labute approximate surface area is 126 Å². The zero-order chi connectivity index (χ0) is 14.9.